The number of nitrogens with two attached hydrogens (primary N) is 1. The van der Waals surface area contributed by atoms with Crippen molar-refractivity contribution < 1.29 is 26.3 Å². The lowest BCUT2D eigenvalue weighted by Crippen LogP contribution is -2.40. The van der Waals surface area contributed by atoms with Gasteiger partial charge in [0.15, 0.2) is 12.6 Å². The number of benzene rings is 1. The van der Waals surface area contributed by atoms with E-state index < -0.39 is 22.8 Å². The number of nitrogens with one attached hydrogen (secondary N) is 2. The van der Waals surface area contributed by atoms with Gasteiger partial charge in [0.2, 0.25) is 10.0 Å². The summed E-state index contributed by atoms with van der Waals surface area (Å²) in [5.74, 6) is 0.145. The SMILES string of the molecule is CCNC(=NCc1ccc(C)cc1OCC(F)(F)F)NCCS(N)(=O)=O. The summed E-state index contributed by atoms with van der Waals surface area (Å²) in [4.78, 5) is 4.24. The van der Waals surface area contributed by atoms with Crippen molar-refractivity contribution in [1.82, 2.24) is 10.6 Å². The molecule has 0 fully saturated rings. The number of rotatable bonds is 8. The summed E-state index contributed by atoms with van der Waals surface area (Å²) in [5.41, 5.74) is 1.23. The van der Waals surface area contributed by atoms with Gasteiger partial charge in [0.25, 0.3) is 0 Å². The molecule has 148 valence electrons. The maximum atomic E-state index is 12.4. The van der Waals surface area contributed by atoms with Crippen molar-refractivity contribution >= 4 is 16.0 Å². The van der Waals surface area contributed by atoms with Gasteiger partial charge in [-0.05, 0) is 25.5 Å². The summed E-state index contributed by atoms with van der Waals surface area (Å²) in [5, 5.41) is 10.6. The molecule has 1 rings (SSSR count). The molecular weight excluding hydrogens is 373 g/mol. The van der Waals surface area contributed by atoms with Crippen molar-refractivity contribution in [3.63, 3.8) is 0 Å². The lowest BCUT2D eigenvalue weighted by Gasteiger charge is -2.14. The molecule has 0 aromatic heterocycles. The van der Waals surface area contributed by atoms with Crippen molar-refractivity contribution in [3.8, 4) is 5.75 Å². The molecule has 26 heavy (non-hydrogen) atoms. The van der Waals surface area contributed by atoms with E-state index in [1.807, 2.05) is 6.92 Å². The van der Waals surface area contributed by atoms with Gasteiger partial charge in [-0.15, -0.1) is 0 Å². The van der Waals surface area contributed by atoms with Crippen molar-refractivity contribution in [1.29, 1.82) is 0 Å². The fourth-order valence-electron chi connectivity index (χ4n) is 1.90. The largest absolute Gasteiger partial charge is 0.484 e. The van der Waals surface area contributed by atoms with Gasteiger partial charge in [0, 0.05) is 18.7 Å². The second kappa shape index (κ2) is 9.62. The third-order valence-electron chi connectivity index (χ3n) is 3.04. The van der Waals surface area contributed by atoms with Gasteiger partial charge < -0.3 is 15.4 Å². The highest BCUT2D eigenvalue weighted by Gasteiger charge is 2.28. The fraction of sp³-hybridized carbons (Fsp3) is 0.533. The van der Waals surface area contributed by atoms with E-state index in [9.17, 15) is 21.6 Å². The Labute approximate surface area is 150 Å². The van der Waals surface area contributed by atoms with Crippen LogP contribution in [0.15, 0.2) is 23.2 Å². The Hall–Kier alpha value is -2.01. The van der Waals surface area contributed by atoms with Crippen molar-refractivity contribution in [3.05, 3.63) is 29.3 Å². The summed E-state index contributed by atoms with van der Waals surface area (Å²) in [6, 6.07) is 4.89. The Morgan fingerprint density at radius 3 is 2.58 bits per heavy atom. The van der Waals surface area contributed by atoms with Crippen LogP contribution < -0.4 is 20.5 Å². The molecule has 0 aliphatic rings. The molecule has 0 amide bonds. The van der Waals surface area contributed by atoms with E-state index in [-0.39, 0.29) is 24.6 Å². The Kier molecular flexibility index (Phi) is 8.15. The minimum Gasteiger partial charge on any atom is -0.484 e. The van der Waals surface area contributed by atoms with Crippen LogP contribution in [-0.2, 0) is 16.6 Å². The smallest absolute Gasteiger partial charge is 0.422 e. The van der Waals surface area contributed by atoms with E-state index in [4.69, 9.17) is 9.88 Å². The zero-order valence-corrected chi connectivity index (χ0v) is 15.4. The van der Waals surface area contributed by atoms with E-state index >= 15 is 0 Å². The van der Waals surface area contributed by atoms with Gasteiger partial charge in [-0.2, -0.15) is 13.2 Å². The molecule has 7 nitrogen and oxygen atoms in total. The molecule has 1 aromatic carbocycles. The maximum absolute atomic E-state index is 12.4. The predicted molar refractivity (Wildman–Crippen MR) is 93.5 cm³/mol. The number of primary sulfonamides is 1. The summed E-state index contributed by atoms with van der Waals surface area (Å²) in [6.45, 7) is 2.80. The van der Waals surface area contributed by atoms with E-state index in [0.717, 1.165) is 5.56 Å². The molecule has 1 aromatic rings. The highest BCUT2D eigenvalue weighted by atomic mass is 32.2. The van der Waals surface area contributed by atoms with Crippen LogP contribution in [0.2, 0.25) is 0 Å². The number of sulfonamides is 1. The predicted octanol–water partition coefficient (Wildman–Crippen LogP) is 1.28. The molecule has 4 N–H and O–H groups in total. The summed E-state index contributed by atoms with van der Waals surface area (Å²) in [6.07, 6.45) is -4.44. The van der Waals surface area contributed by atoms with Gasteiger partial charge in [-0.25, -0.2) is 18.5 Å². The zero-order valence-electron chi connectivity index (χ0n) is 14.6. The molecule has 0 saturated heterocycles. The van der Waals surface area contributed by atoms with Gasteiger partial charge in [-0.3, -0.25) is 0 Å². The van der Waals surface area contributed by atoms with Crippen LogP contribution in [-0.4, -0.2) is 46.0 Å². The molecule has 0 radical (unpaired) electrons. The number of nitrogens with zero attached hydrogens (tertiary/aromatic N) is 1. The molecule has 0 heterocycles. The molecule has 0 spiro atoms. The Morgan fingerprint density at radius 1 is 1.31 bits per heavy atom. The lowest BCUT2D eigenvalue weighted by atomic mass is 10.1. The normalized spacial score (nSPS) is 12.8. The van der Waals surface area contributed by atoms with Gasteiger partial charge in [-0.1, -0.05) is 12.1 Å². The van der Waals surface area contributed by atoms with Crippen molar-refractivity contribution in [2.24, 2.45) is 10.1 Å². The van der Waals surface area contributed by atoms with E-state index in [2.05, 4.69) is 15.6 Å². The maximum Gasteiger partial charge on any atom is 0.422 e. The number of alkyl halides is 3. The average molecular weight is 396 g/mol. The highest BCUT2D eigenvalue weighted by molar-refractivity contribution is 7.89. The number of hydrogen-bond acceptors (Lipinski definition) is 4. The van der Waals surface area contributed by atoms with Gasteiger partial charge in [0.1, 0.15) is 5.75 Å². The summed E-state index contributed by atoms with van der Waals surface area (Å²) >= 11 is 0. The van der Waals surface area contributed by atoms with Crippen LogP contribution in [0, 0.1) is 6.92 Å². The van der Waals surface area contributed by atoms with Crippen LogP contribution in [0.5, 0.6) is 5.75 Å². The van der Waals surface area contributed by atoms with Crippen molar-refractivity contribution in [2.45, 2.75) is 26.6 Å². The Balaban J connectivity index is 2.84. The van der Waals surface area contributed by atoms with E-state index in [1.165, 1.54) is 6.07 Å². The number of aryl methyl sites for hydroxylation is 1. The van der Waals surface area contributed by atoms with E-state index in [0.29, 0.717) is 18.1 Å². The van der Waals surface area contributed by atoms with E-state index in [1.54, 1.807) is 19.1 Å². The Morgan fingerprint density at radius 2 is 2.00 bits per heavy atom. The van der Waals surface area contributed by atoms with Crippen LogP contribution >= 0.6 is 0 Å². The zero-order chi connectivity index (χ0) is 19.8. The lowest BCUT2D eigenvalue weighted by molar-refractivity contribution is -0.153. The molecule has 0 atom stereocenters. The number of ether oxygens (including phenoxy) is 1. The first kappa shape index (κ1) is 22.0. The highest BCUT2D eigenvalue weighted by Crippen LogP contribution is 2.24. The quantitative estimate of drug-likeness (QED) is 0.453. The van der Waals surface area contributed by atoms with Crippen LogP contribution in [0.4, 0.5) is 13.2 Å². The average Bonchev–Trinajstić information content (AvgIpc) is 2.49. The van der Waals surface area contributed by atoms with Gasteiger partial charge >= 0.3 is 6.18 Å². The molecular formula is C15H23F3N4O3S. The first-order valence-corrected chi connectivity index (χ1v) is 9.53. The number of aliphatic imine (C=N–C) groups is 1. The minimum atomic E-state index is -4.44. The first-order chi connectivity index (χ1) is 12.0. The summed E-state index contributed by atoms with van der Waals surface area (Å²) in [7, 11) is -3.61. The molecule has 11 heteroatoms. The molecule has 0 aliphatic carbocycles. The first-order valence-electron chi connectivity index (χ1n) is 7.82. The third-order valence-corrected chi connectivity index (χ3v) is 3.82. The number of hydrogen-bond donors (Lipinski definition) is 3. The fourth-order valence-corrected chi connectivity index (χ4v) is 2.29. The topological polar surface area (TPSA) is 106 Å². The molecule has 0 bridgehead atoms. The second-order valence-corrected chi connectivity index (χ2v) is 7.24. The minimum absolute atomic E-state index is 0.0516. The molecule has 0 saturated carbocycles. The van der Waals surface area contributed by atoms with Crippen LogP contribution in [0.25, 0.3) is 0 Å². The van der Waals surface area contributed by atoms with Crippen LogP contribution in [0.1, 0.15) is 18.1 Å². The van der Waals surface area contributed by atoms with Gasteiger partial charge in [0.05, 0.1) is 12.3 Å². The monoisotopic (exact) mass is 396 g/mol. The standard InChI is InChI=1S/C15H23F3N4O3S/c1-3-20-14(21-6-7-26(19,23)24)22-9-12-5-4-11(2)8-13(12)25-10-15(16,17)18/h4-5,8H,3,6-7,9-10H2,1-2H3,(H2,19,23,24)(H2,20,21,22). The molecule has 0 aliphatic heterocycles. The third kappa shape index (κ3) is 9.47. The number of guanidine groups is 1. The molecule has 0 unspecified atom stereocenters. The summed E-state index contributed by atoms with van der Waals surface area (Å²) < 4.78 is 63.9. The van der Waals surface area contributed by atoms with Crippen molar-refractivity contribution in [2.75, 3.05) is 25.4 Å². The van der Waals surface area contributed by atoms with Crippen LogP contribution in [0.3, 0.4) is 0 Å². The number of halogens is 3. The Bertz CT molecular complexity index is 721. The second-order valence-electron chi connectivity index (χ2n) is 5.50.